The lowest BCUT2D eigenvalue weighted by Crippen LogP contribution is -2.35. The Morgan fingerprint density at radius 2 is 1.09 bits per heavy atom. The Kier molecular flexibility index (Phi) is 6.43. The van der Waals surface area contributed by atoms with Crippen molar-refractivity contribution in [2.75, 3.05) is 0 Å². The van der Waals surface area contributed by atoms with E-state index >= 15 is 0 Å². The first-order chi connectivity index (χ1) is 11.1. The Balaban J connectivity index is 1.35. The third-order valence-electron chi connectivity index (χ3n) is 6.83. The van der Waals surface area contributed by atoms with Gasteiger partial charge >= 0.3 is 0 Å². The molecule has 2 heteroatoms. The maximum absolute atomic E-state index is 6.45. The molecule has 3 saturated carbocycles. The van der Waals surface area contributed by atoms with E-state index in [0.717, 1.165) is 17.8 Å². The zero-order valence-electron chi connectivity index (χ0n) is 15.6. The van der Waals surface area contributed by atoms with Gasteiger partial charge in [0.1, 0.15) is 0 Å². The fourth-order valence-corrected chi connectivity index (χ4v) is 4.97. The minimum atomic E-state index is 0.505. The van der Waals surface area contributed by atoms with Crippen molar-refractivity contribution in [3.05, 3.63) is 0 Å². The Hall–Kier alpha value is -0.0800. The van der Waals surface area contributed by atoms with Gasteiger partial charge in [0.05, 0.1) is 24.4 Å². The fraction of sp³-hybridized carbons (Fsp3) is 1.00. The van der Waals surface area contributed by atoms with Gasteiger partial charge in [0.15, 0.2) is 0 Å². The molecule has 0 radical (unpaired) electrons. The van der Waals surface area contributed by atoms with Crippen molar-refractivity contribution in [2.45, 2.75) is 116 Å². The highest BCUT2D eigenvalue weighted by molar-refractivity contribution is 4.80. The lowest BCUT2D eigenvalue weighted by Gasteiger charge is -2.37. The summed E-state index contributed by atoms with van der Waals surface area (Å²) in [7, 11) is 0. The van der Waals surface area contributed by atoms with E-state index < -0.39 is 0 Å². The fourth-order valence-electron chi connectivity index (χ4n) is 4.97. The van der Waals surface area contributed by atoms with Gasteiger partial charge in [-0.15, -0.1) is 0 Å². The molecule has 3 aliphatic carbocycles. The standard InChI is InChI=1S/C21H38O2/c1-15-5-4-6-20(13-15)22-18-9-11-19(12-10-18)23-21-8-7-16(2)17(3)14-21/h15-21H,4-14H2,1-3H3. The molecular weight excluding hydrogens is 284 g/mol. The molecule has 5 atom stereocenters. The predicted molar refractivity (Wildman–Crippen MR) is 95.6 cm³/mol. The first-order valence-electron chi connectivity index (χ1n) is 10.4. The van der Waals surface area contributed by atoms with Crippen molar-refractivity contribution < 1.29 is 9.47 Å². The number of hydrogen-bond acceptors (Lipinski definition) is 2. The van der Waals surface area contributed by atoms with Gasteiger partial charge < -0.3 is 9.47 Å². The molecule has 0 amide bonds. The molecule has 5 unspecified atom stereocenters. The first-order valence-corrected chi connectivity index (χ1v) is 10.4. The van der Waals surface area contributed by atoms with Crippen LogP contribution >= 0.6 is 0 Å². The summed E-state index contributed by atoms with van der Waals surface area (Å²) in [5.74, 6) is 2.59. The van der Waals surface area contributed by atoms with E-state index in [1.54, 1.807) is 0 Å². The van der Waals surface area contributed by atoms with Crippen LogP contribution in [0.25, 0.3) is 0 Å². The molecule has 0 aromatic rings. The molecule has 0 N–H and O–H groups in total. The van der Waals surface area contributed by atoms with Crippen LogP contribution in [0, 0.1) is 17.8 Å². The van der Waals surface area contributed by atoms with Crippen molar-refractivity contribution in [3.63, 3.8) is 0 Å². The van der Waals surface area contributed by atoms with Gasteiger partial charge in [0.25, 0.3) is 0 Å². The minimum Gasteiger partial charge on any atom is -0.375 e. The summed E-state index contributed by atoms with van der Waals surface area (Å²) >= 11 is 0. The summed E-state index contributed by atoms with van der Waals surface area (Å²) in [4.78, 5) is 0. The molecule has 134 valence electrons. The Bertz CT molecular complexity index is 348. The zero-order valence-corrected chi connectivity index (χ0v) is 15.6. The molecule has 3 aliphatic rings. The second-order valence-corrected chi connectivity index (χ2v) is 8.95. The van der Waals surface area contributed by atoms with E-state index in [1.807, 2.05) is 0 Å². The second kappa shape index (κ2) is 8.34. The van der Waals surface area contributed by atoms with Gasteiger partial charge in [0.2, 0.25) is 0 Å². The molecule has 0 aliphatic heterocycles. The van der Waals surface area contributed by atoms with Crippen LogP contribution in [0.2, 0.25) is 0 Å². The van der Waals surface area contributed by atoms with Gasteiger partial charge in [-0.25, -0.2) is 0 Å². The lowest BCUT2D eigenvalue weighted by atomic mass is 9.80. The molecule has 0 saturated heterocycles. The van der Waals surface area contributed by atoms with E-state index in [-0.39, 0.29) is 0 Å². The SMILES string of the molecule is CC1CCCC(OC2CCC(OC3CCC(C)C(C)C3)CC2)C1. The normalized spacial score (nSPS) is 45.8. The molecule has 3 rings (SSSR count). The molecule has 0 spiro atoms. The monoisotopic (exact) mass is 322 g/mol. The molecular formula is C21H38O2. The van der Waals surface area contributed by atoms with Crippen LogP contribution in [-0.4, -0.2) is 24.4 Å². The highest BCUT2D eigenvalue weighted by Gasteiger charge is 2.30. The van der Waals surface area contributed by atoms with Crippen LogP contribution in [0.15, 0.2) is 0 Å². The summed E-state index contributed by atoms with van der Waals surface area (Å²) in [5.41, 5.74) is 0. The van der Waals surface area contributed by atoms with E-state index in [2.05, 4.69) is 20.8 Å². The average Bonchev–Trinajstić information content (AvgIpc) is 2.53. The third-order valence-corrected chi connectivity index (χ3v) is 6.83. The summed E-state index contributed by atoms with van der Waals surface area (Å²) < 4.78 is 12.9. The average molecular weight is 323 g/mol. The highest BCUT2D eigenvalue weighted by Crippen LogP contribution is 2.35. The van der Waals surface area contributed by atoms with Crippen molar-refractivity contribution in [2.24, 2.45) is 17.8 Å². The van der Waals surface area contributed by atoms with Gasteiger partial charge in [-0.2, -0.15) is 0 Å². The van der Waals surface area contributed by atoms with E-state index in [1.165, 1.54) is 70.6 Å². The molecule has 2 nitrogen and oxygen atoms in total. The Morgan fingerprint density at radius 3 is 1.65 bits per heavy atom. The summed E-state index contributed by atoms with van der Waals surface area (Å²) in [6.45, 7) is 7.18. The Morgan fingerprint density at radius 1 is 0.522 bits per heavy atom. The number of rotatable bonds is 4. The minimum absolute atomic E-state index is 0.505. The summed E-state index contributed by atoms with van der Waals surface area (Å²) in [6.07, 6.45) is 16.2. The van der Waals surface area contributed by atoms with Gasteiger partial charge in [-0.3, -0.25) is 0 Å². The van der Waals surface area contributed by atoms with E-state index in [9.17, 15) is 0 Å². The van der Waals surface area contributed by atoms with E-state index in [4.69, 9.17) is 9.47 Å². The Labute approximate surface area is 143 Å². The third kappa shape index (κ3) is 5.19. The van der Waals surface area contributed by atoms with Crippen molar-refractivity contribution >= 4 is 0 Å². The van der Waals surface area contributed by atoms with Crippen LogP contribution in [0.5, 0.6) is 0 Å². The zero-order chi connectivity index (χ0) is 16.2. The van der Waals surface area contributed by atoms with E-state index in [0.29, 0.717) is 24.4 Å². The van der Waals surface area contributed by atoms with Crippen molar-refractivity contribution in [3.8, 4) is 0 Å². The molecule has 0 bridgehead atoms. The van der Waals surface area contributed by atoms with Crippen molar-refractivity contribution in [1.29, 1.82) is 0 Å². The van der Waals surface area contributed by atoms with Gasteiger partial charge in [-0.05, 0) is 75.5 Å². The molecule has 0 aromatic carbocycles. The molecule has 23 heavy (non-hydrogen) atoms. The first kappa shape index (κ1) is 17.7. The van der Waals surface area contributed by atoms with Crippen LogP contribution in [0.4, 0.5) is 0 Å². The molecule has 0 aromatic heterocycles. The van der Waals surface area contributed by atoms with Crippen LogP contribution in [0.3, 0.4) is 0 Å². The second-order valence-electron chi connectivity index (χ2n) is 8.95. The van der Waals surface area contributed by atoms with Gasteiger partial charge in [-0.1, -0.05) is 33.6 Å². The molecule has 0 heterocycles. The van der Waals surface area contributed by atoms with Crippen LogP contribution in [-0.2, 0) is 9.47 Å². The van der Waals surface area contributed by atoms with Crippen LogP contribution in [0.1, 0.15) is 91.4 Å². The maximum atomic E-state index is 6.45. The summed E-state index contributed by atoms with van der Waals surface area (Å²) in [6, 6.07) is 0. The highest BCUT2D eigenvalue weighted by atomic mass is 16.5. The lowest BCUT2D eigenvalue weighted by molar-refractivity contribution is -0.100. The maximum Gasteiger partial charge on any atom is 0.0581 e. The molecule has 3 fully saturated rings. The quantitative estimate of drug-likeness (QED) is 0.657. The van der Waals surface area contributed by atoms with Gasteiger partial charge in [0, 0.05) is 0 Å². The topological polar surface area (TPSA) is 18.5 Å². The largest absolute Gasteiger partial charge is 0.375 e. The smallest absolute Gasteiger partial charge is 0.0581 e. The number of hydrogen-bond donors (Lipinski definition) is 0. The summed E-state index contributed by atoms with van der Waals surface area (Å²) in [5, 5.41) is 0. The number of ether oxygens (including phenoxy) is 2. The predicted octanol–water partition coefficient (Wildman–Crippen LogP) is 5.73. The van der Waals surface area contributed by atoms with Crippen LogP contribution < -0.4 is 0 Å². The van der Waals surface area contributed by atoms with Crippen molar-refractivity contribution in [1.82, 2.24) is 0 Å².